The highest BCUT2D eigenvalue weighted by atomic mass is 16.3. The number of aliphatic hydroxyl groups is 1. The Labute approximate surface area is 124 Å². The summed E-state index contributed by atoms with van der Waals surface area (Å²) in [5, 5.41) is 12.6. The van der Waals surface area contributed by atoms with Gasteiger partial charge in [-0.05, 0) is 41.8 Å². The van der Waals surface area contributed by atoms with Gasteiger partial charge < -0.3 is 10.4 Å². The molecule has 1 unspecified atom stereocenters. The minimum absolute atomic E-state index is 0.222. The summed E-state index contributed by atoms with van der Waals surface area (Å²) in [6, 6.07) is 8.89. The quantitative estimate of drug-likeness (QED) is 0.756. The third-order valence-corrected chi connectivity index (χ3v) is 3.82. The molecule has 0 saturated carbocycles. The first-order valence-electron chi connectivity index (χ1n) is 7.88. The SMILES string of the molecule is CCCC(CCO)CNCc1ccc(C(C)(C)C)cc1. The summed E-state index contributed by atoms with van der Waals surface area (Å²) >= 11 is 0. The molecule has 2 heteroatoms. The maximum absolute atomic E-state index is 9.06. The Hall–Kier alpha value is -0.860. The molecule has 0 saturated heterocycles. The fraction of sp³-hybridized carbons (Fsp3) is 0.667. The van der Waals surface area contributed by atoms with Crippen LogP contribution in [0.15, 0.2) is 24.3 Å². The topological polar surface area (TPSA) is 32.3 Å². The Balaban J connectivity index is 2.41. The van der Waals surface area contributed by atoms with Gasteiger partial charge in [-0.25, -0.2) is 0 Å². The summed E-state index contributed by atoms with van der Waals surface area (Å²) < 4.78 is 0. The Morgan fingerprint density at radius 1 is 1.10 bits per heavy atom. The van der Waals surface area contributed by atoms with Crippen molar-refractivity contribution in [2.24, 2.45) is 5.92 Å². The average molecular weight is 277 g/mol. The Kier molecular flexibility index (Phi) is 7.25. The molecule has 0 spiro atoms. The van der Waals surface area contributed by atoms with Crippen LogP contribution in [0.2, 0.25) is 0 Å². The molecule has 1 aromatic carbocycles. The van der Waals surface area contributed by atoms with Gasteiger partial charge in [0.1, 0.15) is 0 Å². The molecule has 0 heterocycles. The Morgan fingerprint density at radius 2 is 1.75 bits per heavy atom. The molecular weight excluding hydrogens is 246 g/mol. The van der Waals surface area contributed by atoms with E-state index in [9.17, 15) is 0 Å². The predicted molar refractivity (Wildman–Crippen MR) is 86.9 cm³/mol. The largest absolute Gasteiger partial charge is 0.396 e. The van der Waals surface area contributed by atoms with Crippen molar-refractivity contribution in [3.05, 3.63) is 35.4 Å². The third kappa shape index (κ3) is 6.06. The molecule has 0 aromatic heterocycles. The molecule has 0 radical (unpaired) electrons. The molecule has 2 nitrogen and oxygen atoms in total. The van der Waals surface area contributed by atoms with Crippen molar-refractivity contribution in [3.8, 4) is 0 Å². The van der Waals surface area contributed by atoms with Gasteiger partial charge in [-0.15, -0.1) is 0 Å². The molecular formula is C18H31NO. The van der Waals surface area contributed by atoms with E-state index in [1.165, 1.54) is 24.0 Å². The van der Waals surface area contributed by atoms with E-state index in [0.29, 0.717) is 12.5 Å². The predicted octanol–water partition coefficient (Wildman–Crippen LogP) is 3.87. The summed E-state index contributed by atoms with van der Waals surface area (Å²) in [6.07, 6.45) is 3.28. The van der Waals surface area contributed by atoms with Crippen molar-refractivity contribution in [2.75, 3.05) is 13.2 Å². The number of benzene rings is 1. The lowest BCUT2D eigenvalue weighted by Gasteiger charge is -2.19. The first-order valence-corrected chi connectivity index (χ1v) is 7.88. The molecule has 2 N–H and O–H groups in total. The van der Waals surface area contributed by atoms with E-state index in [2.05, 4.69) is 57.3 Å². The van der Waals surface area contributed by atoms with E-state index in [4.69, 9.17) is 5.11 Å². The highest BCUT2D eigenvalue weighted by Crippen LogP contribution is 2.22. The average Bonchev–Trinajstić information content (AvgIpc) is 2.39. The number of nitrogens with one attached hydrogen (secondary N) is 1. The lowest BCUT2D eigenvalue weighted by atomic mass is 9.87. The van der Waals surface area contributed by atoms with E-state index >= 15 is 0 Å². The fourth-order valence-electron chi connectivity index (χ4n) is 2.48. The zero-order valence-electron chi connectivity index (χ0n) is 13.6. The van der Waals surface area contributed by atoms with Crippen LogP contribution in [-0.2, 0) is 12.0 Å². The van der Waals surface area contributed by atoms with Crippen LogP contribution in [0.4, 0.5) is 0 Å². The fourth-order valence-corrected chi connectivity index (χ4v) is 2.48. The van der Waals surface area contributed by atoms with Gasteiger partial charge in [-0.2, -0.15) is 0 Å². The monoisotopic (exact) mass is 277 g/mol. The van der Waals surface area contributed by atoms with Gasteiger partial charge in [0.25, 0.3) is 0 Å². The van der Waals surface area contributed by atoms with Gasteiger partial charge in [-0.1, -0.05) is 58.4 Å². The van der Waals surface area contributed by atoms with E-state index in [-0.39, 0.29) is 5.41 Å². The second-order valence-electron chi connectivity index (χ2n) is 6.74. The number of hydrogen-bond acceptors (Lipinski definition) is 2. The van der Waals surface area contributed by atoms with Crippen LogP contribution < -0.4 is 5.32 Å². The van der Waals surface area contributed by atoms with Crippen LogP contribution >= 0.6 is 0 Å². The maximum atomic E-state index is 9.06. The number of aliphatic hydroxyl groups excluding tert-OH is 1. The first kappa shape index (κ1) is 17.2. The van der Waals surface area contributed by atoms with Crippen LogP contribution in [0, 0.1) is 5.92 Å². The van der Waals surface area contributed by atoms with Gasteiger partial charge in [-0.3, -0.25) is 0 Å². The zero-order chi connectivity index (χ0) is 15.0. The van der Waals surface area contributed by atoms with Gasteiger partial charge in [0.2, 0.25) is 0 Å². The summed E-state index contributed by atoms with van der Waals surface area (Å²) in [5.41, 5.74) is 2.93. The van der Waals surface area contributed by atoms with Crippen molar-refractivity contribution in [3.63, 3.8) is 0 Å². The Morgan fingerprint density at radius 3 is 2.25 bits per heavy atom. The van der Waals surface area contributed by atoms with Crippen molar-refractivity contribution >= 4 is 0 Å². The molecule has 0 aliphatic heterocycles. The minimum atomic E-state index is 0.222. The lowest BCUT2D eigenvalue weighted by molar-refractivity contribution is 0.248. The van der Waals surface area contributed by atoms with E-state index < -0.39 is 0 Å². The standard InChI is InChI=1S/C18H31NO/c1-5-6-15(11-12-20)13-19-14-16-7-9-17(10-8-16)18(2,3)4/h7-10,15,19-20H,5-6,11-14H2,1-4H3. The summed E-state index contributed by atoms with van der Waals surface area (Å²) in [5.74, 6) is 0.596. The summed E-state index contributed by atoms with van der Waals surface area (Å²) in [4.78, 5) is 0. The van der Waals surface area contributed by atoms with Gasteiger partial charge in [0.15, 0.2) is 0 Å². The van der Waals surface area contributed by atoms with E-state index in [1.807, 2.05) is 0 Å². The zero-order valence-corrected chi connectivity index (χ0v) is 13.6. The van der Waals surface area contributed by atoms with Crippen molar-refractivity contribution in [1.82, 2.24) is 5.32 Å². The first-order chi connectivity index (χ1) is 9.47. The van der Waals surface area contributed by atoms with Crippen molar-refractivity contribution < 1.29 is 5.11 Å². The van der Waals surface area contributed by atoms with Crippen LogP contribution in [0.3, 0.4) is 0 Å². The number of hydrogen-bond donors (Lipinski definition) is 2. The molecule has 0 bridgehead atoms. The summed E-state index contributed by atoms with van der Waals surface area (Å²) in [6.45, 7) is 11.1. The maximum Gasteiger partial charge on any atom is 0.0434 e. The second-order valence-corrected chi connectivity index (χ2v) is 6.74. The smallest absolute Gasteiger partial charge is 0.0434 e. The molecule has 114 valence electrons. The molecule has 20 heavy (non-hydrogen) atoms. The second kappa shape index (κ2) is 8.43. The summed E-state index contributed by atoms with van der Waals surface area (Å²) in [7, 11) is 0. The highest BCUT2D eigenvalue weighted by Gasteiger charge is 2.12. The number of rotatable bonds is 8. The minimum Gasteiger partial charge on any atom is -0.396 e. The van der Waals surface area contributed by atoms with Gasteiger partial charge in [0, 0.05) is 13.2 Å². The van der Waals surface area contributed by atoms with Gasteiger partial charge >= 0.3 is 0 Å². The normalized spacial score (nSPS) is 13.4. The molecule has 0 aliphatic carbocycles. The van der Waals surface area contributed by atoms with Crippen LogP contribution in [0.1, 0.15) is 58.1 Å². The highest BCUT2D eigenvalue weighted by molar-refractivity contribution is 5.27. The Bertz CT molecular complexity index is 358. The van der Waals surface area contributed by atoms with Crippen LogP contribution in [-0.4, -0.2) is 18.3 Å². The van der Waals surface area contributed by atoms with E-state index in [0.717, 1.165) is 19.5 Å². The third-order valence-electron chi connectivity index (χ3n) is 3.82. The van der Waals surface area contributed by atoms with Crippen LogP contribution in [0.25, 0.3) is 0 Å². The lowest BCUT2D eigenvalue weighted by Crippen LogP contribution is -2.23. The van der Waals surface area contributed by atoms with Crippen molar-refractivity contribution in [1.29, 1.82) is 0 Å². The molecule has 1 aromatic rings. The molecule has 0 aliphatic rings. The van der Waals surface area contributed by atoms with E-state index in [1.54, 1.807) is 0 Å². The van der Waals surface area contributed by atoms with Crippen LogP contribution in [0.5, 0.6) is 0 Å². The molecule has 1 atom stereocenters. The molecule has 0 fully saturated rings. The molecule has 1 rings (SSSR count). The molecule has 0 amide bonds. The van der Waals surface area contributed by atoms with Gasteiger partial charge in [0.05, 0.1) is 0 Å². The van der Waals surface area contributed by atoms with Crippen molar-refractivity contribution in [2.45, 2.75) is 58.9 Å².